The molecule has 0 bridgehead atoms. The van der Waals surface area contributed by atoms with Crippen LogP contribution in [-0.2, 0) is 4.79 Å². The minimum Gasteiger partial charge on any atom is -0.546 e. The number of carbonyl (C=O) groups is 2. The summed E-state index contributed by atoms with van der Waals surface area (Å²) in [6.07, 6.45) is 5.27. The Morgan fingerprint density at radius 2 is 1.63 bits per heavy atom. The molecule has 0 aliphatic heterocycles. The fraction of sp³-hybridized carbons (Fsp3) is 0.273. The lowest BCUT2D eigenvalue weighted by atomic mass is 10.0. The first-order chi connectivity index (χ1) is 12.6. The predicted molar refractivity (Wildman–Crippen MR) is 107 cm³/mol. The number of ketones is 1. The Kier molecular flexibility index (Phi) is 6.50. The number of aryl methyl sites for hydroxylation is 2. The summed E-state index contributed by atoms with van der Waals surface area (Å²) in [5, 5.41) is 11.2. The van der Waals surface area contributed by atoms with E-state index in [1.165, 1.54) is 19.9 Å². The van der Waals surface area contributed by atoms with Crippen LogP contribution in [0, 0.1) is 13.8 Å². The van der Waals surface area contributed by atoms with Crippen molar-refractivity contribution < 1.29 is 19.4 Å². The molecule has 0 unspecified atom stereocenters. The second kappa shape index (κ2) is 8.44. The van der Waals surface area contributed by atoms with E-state index in [0.29, 0.717) is 11.3 Å². The van der Waals surface area contributed by atoms with Gasteiger partial charge in [-0.2, -0.15) is 0 Å². The molecule has 142 valence electrons. The lowest BCUT2D eigenvalue weighted by Crippen LogP contribution is -2.48. The summed E-state index contributed by atoms with van der Waals surface area (Å²) in [6, 6.07) is 11.2. The summed E-state index contributed by atoms with van der Waals surface area (Å²) in [7, 11) is 0. The Hall–Kier alpha value is -2.53. The normalized spacial score (nSPS) is 11.6. The molecule has 0 amide bonds. The average Bonchev–Trinajstić information content (AvgIpc) is 2.62. The molecule has 0 heterocycles. The second-order valence-electron chi connectivity index (χ2n) is 6.81. The zero-order valence-corrected chi connectivity index (χ0v) is 17.0. The monoisotopic (exact) mass is 383 g/mol. The van der Waals surface area contributed by atoms with E-state index >= 15 is 0 Å². The third kappa shape index (κ3) is 5.23. The molecule has 2 aromatic carbocycles. The molecule has 5 heteroatoms. The number of thioether (sulfide) groups is 1. The van der Waals surface area contributed by atoms with Crippen LogP contribution in [0.15, 0.2) is 47.4 Å². The van der Waals surface area contributed by atoms with Gasteiger partial charge in [0, 0.05) is 10.5 Å². The summed E-state index contributed by atoms with van der Waals surface area (Å²) in [5.41, 5.74) is 1.64. The van der Waals surface area contributed by atoms with Gasteiger partial charge in [0.25, 0.3) is 0 Å². The maximum Gasteiger partial charge on any atom is 0.185 e. The van der Waals surface area contributed by atoms with Crippen molar-refractivity contribution in [1.29, 1.82) is 0 Å². The Morgan fingerprint density at radius 3 is 2.11 bits per heavy atom. The molecule has 0 spiro atoms. The first-order valence-electron chi connectivity index (χ1n) is 8.52. The molecular weight excluding hydrogens is 360 g/mol. The number of rotatable bonds is 7. The van der Waals surface area contributed by atoms with E-state index in [0.717, 1.165) is 21.6 Å². The van der Waals surface area contributed by atoms with Crippen LogP contribution in [0.5, 0.6) is 5.75 Å². The van der Waals surface area contributed by atoms with E-state index in [2.05, 4.69) is 0 Å². The zero-order chi connectivity index (χ0) is 20.2. The summed E-state index contributed by atoms with van der Waals surface area (Å²) in [5.74, 6) is -0.833. The molecule has 0 aliphatic rings. The fourth-order valence-electron chi connectivity index (χ4n) is 2.56. The Bertz CT molecular complexity index is 857. The highest BCUT2D eigenvalue weighted by molar-refractivity contribution is 7.98. The Balaban J connectivity index is 2.20. The van der Waals surface area contributed by atoms with Gasteiger partial charge >= 0.3 is 0 Å². The van der Waals surface area contributed by atoms with Crippen molar-refractivity contribution in [2.45, 2.75) is 38.2 Å². The lowest BCUT2D eigenvalue weighted by molar-refractivity contribution is -0.320. The van der Waals surface area contributed by atoms with Crippen LogP contribution >= 0.6 is 11.8 Å². The number of ether oxygens (including phenoxy) is 1. The maximum atomic E-state index is 12.3. The summed E-state index contributed by atoms with van der Waals surface area (Å²) in [4.78, 5) is 24.6. The van der Waals surface area contributed by atoms with Gasteiger partial charge in [-0.1, -0.05) is 6.08 Å². The van der Waals surface area contributed by atoms with Crippen molar-refractivity contribution in [3.63, 3.8) is 0 Å². The summed E-state index contributed by atoms with van der Waals surface area (Å²) < 4.78 is 5.64. The van der Waals surface area contributed by atoms with E-state index in [-0.39, 0.29) is 5.78 Å². The summed E-state index contributed by atoms with van der Waals surface area (Å²) >= 11 is 1.63. The SMILES string of the molecule is CSc1ccc(C(=O)/C=C/c2cc(C)c(OC(C)(C)C(=O)[O-])c(C)c2)cc1. The fourth-order valence-corrected chi connectivity index (χ4v) is 2.97. The van der Waals surface area contributed by atoms with Crippen molar-refractivity contribution in [3.8, 4) is 5.75 Å². The van der Waals surface area contributed by atoms with E-state index in [1.54, 1.807) is 17.8 Å². The van der Waals surface area contributed by atoms with Gasteiger partial charge in [-0.25, -0.2) is 0 Å². The van der Waals surface area contributed by atoms with Crippen LogP contribution in [-0.4, -0.2) is 23.6 Å². The predicted octanol–water partition coefficient (Wildman–Crippen LogP) is 3.83. The Morgan fingerprint density at radius 1 is 1.07 bits per heavy atom. The largest absolute Gasteiger partial charge is 0.546 e. The third-order valence-corrected chi connectivity index (χ3v) is 4.88. The second-order valence-corrected chi connectivity index (χ2v) is 7.69. The molecule has 0 saturated carbocycles. The molecule has 27 heavy (non-hydrogen) atoms. The number of hydrogen-bond donors (Lipinski definition) is 0. The van der Waals surface area contributed by atoms with Gasteiger partial charge in [0.2, 0.25) is 0 Å². The van der Waals surface area contributed by atoms with E-state index in [4.69, 9.17) is 4.74 Å². The first kappa shape index (κ1) is 20.8. The zero-order valence-electron chi connectivity index (χ0n) is 16.2. The highest BCUT2D eigenvalue weighted by Crippen LogP contribution is 2.29. The standard InChI is InChI=1S/C22H24O4S/c1-14-12-16(13-15(2)20(14)26-22(3,4)21(24)25)6-11-19(23)17-7-9-18(27-5)10-8-17/h6-13H,1-5H3,(H,24,25)/p-1/b11-6+. The van der Waals surface area contributed by atoms with Crippen molar-refractivity contribution in [1.82, 2.24) is 0 Å². The van der Waals surface area contributed by atoms with E-state index in [1.807, 2.05) is 56.5 Å². The van der Waals surface area contributed by atoms with Crippen LogP contribution in [0.2, 0.25) is 0 Å². The summed E-state index contributed by atoms with van der Waals surface area (Å²) in [6.45, 7) is 6.59. The van der Waals surface area contributed by atoms with Gasteiger partial charge in [0.05, 0.1) is 5.97 Å². The van der Waals surface area contributed by atoms with Crippen LogP contribution in [0.25, 0.3) is 6.08 Å². The van der Waals surface area contributed by atoms with E-state index < -0.39 is 11.6 Å². The van der Waals surface area contributed by atoms with E-state index in [9.17, 15) is 14.7 Å². The van der Waals surface area contributed by atoms with Crippen LogP contribution in [0.4, 0.5) is 0 Å². The van der Waals surface area contributed by atoms with Gasteiger partial charge < -0.3 is 14.6 Å². The molecule has 0 N–H and O–H groups in total. The number of carbonyl (C=O) groups excluding carboxylic acids is 2. The minimum atomic E-state index is -1.42. The van der Waals surface area contributed by atoms with Gasteiger partial charge in [0.15, 0.2) is 5.78 Å². The van der Waals surface area contributed by atoms with Gasteiger partial charge in [-0.05, 0) is 93.1 Å². The molecular formula is C22H23O4S-. The molecule has 0 saturated heterocycles. The number of aliphatic carboxylic acids is 1. The lowest BCUT2D eigenvalue weighted by Gasteiger charge is -2.29. The van der Waals surface area contributed by atoms with Gasteiger partial charge in [-0.3, -0.25) is 4.79 Å². The van der Waals surface area contributed by atoms with Crippen LogP contribution in [0.3, 0.4) is 0 Å². The van der Waals surface area contributed by atoms with Crippen molar-refractivity contribution in [2.75, 3.05) is 6.26 Å². The van der Waals surface area contributed by atoms with Crippen LogP contribution in [0.1, 0.15) is 40.9 Å². The van der Waals surface area contributed by atoms with Gasteiger partial charge in [-0.15, -0.1) is 11.8 Å². The molecule has 0 aliphatic carbocycles. The van der Waals surface area contributed by atoms with Gasteiger partial charge in [0.1, 0.15) is 11.4 Å². The van der Waals surface area contributed by atoms with Crippen molar-refractivity contribution >= 4 is 29.6 Å². The molecule has 0 aromatic heterocycles. The number of carboxylic acids is 1. The topological polar surface area (TPSA) is 66.4 Å². The highest BCUT2D eigenvalue weighted by atomic mass is 32.2. The molecule has 0 fully saturated rings. The number of allylic oxidation sites excluding steroid dienone is 1. The number of benzene rings is 2. The minimum absolute atomic E-state index is 0.0728. The molecule has 4 nitrogen and oxygen atoms in total. The third-order valence-electron chi connectivity index (χ3n) is 4.13. The smallest absolute Gasteiger partial charge is 0.185 e. The number of hydrogen-bond acceptors (Lipinski definition) is 5. The first-order valence-corrected chi connectivity index (χ1v) is 9.74. The quantitative estimate of drug-likeness (QED) is 0.413. The number of carboxylic acid groups (broad SMARTS) is 1. The highest BCUT2D eigenvalue weighted by Gasteiger charge is 2.23. The van der Waals surface area contributed by atoms with Crippen molar-refractivity contribution in [3.05, 3.63) is 64.7 Å². The maximum absolute atomic E-state index is 12.3. The molecule has 2 aromatic rings. The average molecular weight is 383 g/mol. The molecule has 0 radical (unpaired) electrons. The molecule has 2 rings (SSSR count). The van der Waals surface area contributed by atoms with Crippen LogP contribution < -0.4 is 9.84 Å². The molecule has 0 atom stereocenters. The van der Waals surface area contributed by atoms with Crippen molar-refractivity contribution in [2.24, 2.45) is 0 Å². The Labute approximate surface area is 164 Å².